The molecule has 0 aliphatic carbocycles. The molecule has 1 atom stereocenters. The van der Waals surface area contributed by atoms with Gasteiger partial charge in [0.05, 0.1) is 0 Å². The molecular weight excluding hydrogens is 169 g/mol. The summed E-state index contributed by atoms with van der Waals surface area (Å²) in [7, 11) is 2.15. The molecule has 1 unspecified atom stereocenters. The predicted molar refractivity (Wildman–Crippen MR) is 53.3 cm³/mol. The van der Waals surface area contributed by atoms with Crippen LogP contribution in [0.3, 0.4) is 0 Å². The van der Waals surface area contributed by atoms with Gasteiger partial charge in [-0.25, -0.2) is 0 Å². The van der Waals surface area contributed by atoms with Crippen LogP contribution < -0.4 is 5.09 Å². The Hall–Kier alpha value is -1.14. The molecule has 2 nitrogen and oxygen atoms in total. The fourth-order valence-corrected chi connectivity index (χ4v) is 0.880. The Morgan fingerprint density at radius 2 is 2.00 bits per heavy atom. The van der Waals surface area contributed by atoms with E-state index in [0.29, 0.717) is 0 Å². The topological polar surface area (TPSA) is 29.1 Å². The molecule has 0 aliphatic heterocycles. The zero-order valence-electron chi connectivity index (χ0n) is 6.53. The summed E-state index contributed by atoms with van der Waals surface area (Å²) in [6.45, 7) is 0. The van der Waals surface area contributed by atoms with Crippen LogP contribution in [-0.2, 0) is 4.79 Å². The number of nitrogens with one attached hydrogen (secondary N) is 1. The van der Waals surface area contributed by atoms with Crippen LogP contribution in [0.15, 0.2) is 36.4 Å². The highest BCUT2D eigenvalue weighted by atomic mass is 31.0. The van der Waals surface area contributed by atoms with Crippen LogP contribution in [0.2, 0.25) is 0 Å². The molecule has 3 heteroatoms. The quantitative estimate of drug-likeness (QED) is 0.542. The maximum absolute atomic E-state index is 10.8. The van der Waals surface area contributed by atoms with Crippen molar-refractivity contribution >= 4 is 21.4 Å². The maximum Gasteiger partial charge on any atom is 0.246 e. The first-order valence-electron chi connectivity index (χ1n) is 3.56. The summed E-state index contributed by atoms with van der Waals surface area (Å²) in [5.41, 5.74) is 1.02. The van der Waals surface area contributed by atoms with E-state index in [4.69, 9.17) is 0 Å². The lowest BCUT2D eigenvalue weighted by Gasteiger charge is -1.91. The molecule has 0 aromatic heterocycles. The second kappa shape index (κ2) is 4.68. The predicted octanol–water partition coefficient (Wildman–Crippen LogP) is 1.61. The molecule has 1 N–H and O–H groups in total. The van der Waals surface area contributed by atoms with E-state index in [0.717, 1.165) is 5.56 Å². The van der Waals surface area contributed by atoms with Gasteiger partial charge in [-0.15, -0.1) is 0 Å². The van der Waals surface area contributed by atoms with Gasteiger partial charge in [-0.1, -0.05) is 30.3 Å². The summed E-state index contributed by atoms with van der Waals surface area (Å²) >= 11 is 0. The maximum atomic E-state index is 10.8. The third-order valence-corrected chi connectivity index (χ3v) is 1.65. The van der Waals surface area contributed by atoms with Crippen molar-refractivity contribution in [3.8, 4) is 0 Å². The normalized spacial score (nSPS) is 10.1. The minimum Gasteiger partial charge on any atom is -0.337 e. The minimum atomic E-state index is -0.121. The average Bonchev–Trinajstić information content (AvgIpc) is 2.16. The first kappa shape index (κ1) is 8.95. The van der Waals surface area contributed by atoms with Crippen molar-refractivity contribution < 1.29 is 4.79 Å². The molecule has 0 aliphatic rings. The fourth-order valence-electron chi connectivity index (χ4n) is 0.784. The number of hydrogen-bond acceptors (Lipinski definition) is 1. The van der Waals surface area contributed by atoms with Crippen molar-refractivity contribution in [1.29, 1.82) is 0 Å². The Balaban J connectivity index is 2.64. The van der Waals surface area contributed by atoms with Crippen molar-refractivity contribution in [2.75, 3.05) is 0 Å². The lowest BCUT2D eigenvalue weighted by molar-refractivity contribution is -0.114. The molecule has 0 radical (unpaired) electrons. The van der Waals surface area contributed by atoms with Crippen molar-refractivity contribution in [1.82, 2.24) is 5.09 Å². The van der Waals surface area contributed by atoms with E-state index < -0.39 is 0 Å². The molecule has 1 aromatic rings. The average molecular weight is 179 g/mol. The van der Waals surface area contributed by atoms with Gasteiger partial charge >= 0.3 is 0 Å². The molecule has 1 amide bonds. The standard InChI is InChI=1S/C9H10NOP/c11-9(10-12)7-6-8-4-2-1-3-5-8/h1-7H,12H2,(H,10,11)/b7-6+. The van der Waals surface area contributed by atoms with Crippen molar-refractivity contribution in [3.63, 3.8) is 0 Å². The second-order valence-electron chi connectivity index (χ2n) is 2.25. The SMILES string of the molecule is O=C(/C=C/c1ccccc1)NP. The summed E-state index contributed by atoms with van der Waals surface area (Å²) in [6, 6.07) is 9.67. The van der Waals surface area contributed by atoms with Gasteiger partial charge in [0.25, 0.3) is 0 Å². The summed E-state index contributed by atoms with van der Waals surface area (Å²) in [6.07, 6.45) is 3.25. The van der Waals surface area contributed by atoms with Gasteiger partial charge in [-0.3, -0.25) is 4.79 Å². The van der Waals surface area contributed by atoms with E-state index in [2.05, 4.69) is 14.5 Å². The zero-order valence-corrected chi connectivity index (χ0v) is 7.68. The number of carbonyl (C=O) groups is 1. The highest BCUT2D eigenvalue weighted by Crippen LogP contribution is 2.00. The van der Waals surface area contributed by atoms with Gasteiger partial charge < -0.3 is 5.09 Å². The second-order valence-corrected chi connectivity index (χ2v) is 2.54. The zero-order chi connectivity index (χ0) is 8.81. The van der Waals surface area contributed by atoms with E-state index >= 15 is 0 Å². The van der Waals surface area contributed by atoms with Crippen LogP contribution in [0.1, 0.15) is 5.56 Å². The van der Waals surface area contributed by atoms with Gasteiger partial charge in [0.1, 0.15) is 0 Å². The molecule has 1 rings (SSSR count). The number of hydrogen-bond donors (Lipinski definition) is 1. The van der Waals surface area contributed by atoms with E-state index in [9.17, 15) is 4.79 Å². The molecule has 0 bridgehead atoms. The number of amides is 1. The summed E-state index contributed by atoms with van der Waals surface area (Å²) < 4.78 is 0. The van der Waals surface area contributed by atoms with Gasteiger partial charge in [-0.05, 0) is 21.0 Å². The van der Waals surface area contributed by atoms with E-state index in [1.54, 1.807) is 6.08 Å². The van der Waals surface area contributed by atoms with E-state index in [-0.39, 0.29) is 5.91 Å². The van der Waals surface area contributed by atoms with Crippen molar-refractivity contribution in [2.24, 2.45) is 0 Å². The number of benzene rings is 1. The third kappa shape index (κ3) is 2.85. The Labute approximate surface area is 73.9 Å². The van der Waals surface area contributed by atoms with Crippen molar-refractivity contribution in [3.05, 3.63) is 42.0 Å². The van der Waals surface area contributed by atoms with Gasteiger partial charge in [-0.2, -0.15) is 0 Å². The largest absolute Gasteiger partial charge is 0.337 e. The van der Waals surface area contributed by atoms with Crippen LogP contribution in [-0.4, -0.2) is 5.91 Å². The van der Waals surface area contributed by atoms with Gasteiger partial charge in [0.2, 0.25) is 5.91 Å². The van der Waals surface area contributed by atoms with Crippen LogP contribution in [0.4, 0.5) is 0 Å². The molecule has 0 saturated heterocycles. The smallest absolute Gasteiger partial charge is 0.246 e. The van der Waals surface area contributed by atoms with Gasteiger partial charge in [0.15, 0.2) is 0 Å². The van der Waals surface area contributed by atoms with Crippen LogP contribution >= 0.6 is 9.39 Å². The first-order chi connectivity index (χ1) is 5.83. The monoisotopic (exact) mass is 179 g/mol. The van der Waals surface area contributed by atoms with Crippen LogP contribution in [0.25, 0.3) is 6.08 Å². The first-order valence-corrected chi connectivity index (χ1v) is 4.14. The summed E-state index contributed by atoms with van der Waals surface area (Å²) in [4.78, 5) is 10.8. The Bertz CT molecular complexity index is 282. The molecule has 0 saturated carbocycles. The van der Waals surface area contributed by atoms with E-state index in [1.165, 1.54) is 6.08 Å². The molecule has 0 spiro atoms. The lowest BCUT2D eigenvalue weighted by atomic mass is 10.2. The van der Waals surface area contributed by atoms with Gasteiger partial charge in [0, 0.05) is 6.08 Å². The molecule has 62 valence electrons. The lowest BCUT2D eigenvalue weighted by Crippen LogP contribution is -2.06. The highest BCUT2D eigenvalue weighted by Gasteiger charge is 1.87. The Morgan fingerprint density at radius 1 is 1.33 bits per heavy atom. The molecule has 1 aromatic carbocycles. The van der Waals surface area contributed by atoms with Crippen LogP contribution in [0.5, 0.6) is 0 Å². The number of carbonyl (C=O) groups excluding carboxylic acids is 1. The molecule has 12 heavy (non-hydrogen) atoms. The van der Waals surface area contributed by atoms with Crippen LogP contribution in [0, 0.1) is 0 Å². The number of rotatable bonds is 2. The minimum absolute atomic E-state index is 0.121. The van der Waals surface area contributed by atoms with E-state index in [1.807, 2.05) is 30.3 Å². The molecular formula is C9H10NOP. The molecule has 0 heterocycles. The summed E-state index contributed by atoms with van der Waals surface area (Å²) in [5.74, 6) is -0.121. The molecule has 0 fully saturated rings. The highest BCUT2D eigenvalue weighted by molar-refractivity contribution is 7.15. The Morgan fingerprint density at radius 3 is 2.58 bits per heavy atom. The summed E-state index contributed by atoms with van der Waals surface area (Å²) in [5, 5.41) is 2.43. The Kier molecular flexibility index (Phi) is 3.49. The third-order valence-electron chi connectivity index (χ3n) is 1.37. The fraction of sp³-hybridized carbons (Fsp3) is 0. The van der Waals surface area contributed by atoms with Crippen molar-refractivity contribution in [2.45, 2.75) is 0 Å².